The predicted octanol–water partition coefficient (Wildman–Crippen LogP) is 0.728. The number of rotatable bonds is 9. The quantitative estimate of drug-likeness (QED) is 0.243. The van der Waals surface area contributed by atoms with E-state index in [2.05, 4.69) is 32.6 Å². The molecular formula is C21H33N6O7PS. The van der Waals surface area contributed by atoms with Crippen LogP contribution in [-0.2, 0) is 14.1 Å². The lowest BCUT2D eigenvalue weighted by molar-refractivity contribution is -0.118. The molecule has 1 saturated carbocycles. The van der Waals surface area contributed by atoms with Gasteiger partial charge in [0.25, 0.3) is 0 Å². The molecule has 2 fully saturated rings. The van der Waals surface area contributed by atoms with Gasteiger partial charge in [-0.25, -0.2) is 14.6 Å². The van der Waals surface area contributed by atoms with Crippen molar-refractivity contribution in [3.8, 4) is 0 Å². The number of carbonyl (C=O) groups is 1. The average Bonchev–Trinajstić information content (AvgIpc) is 3.46. The van der Waals surface area contributed by atoms with Crippen LogP contribution in [0.25, 0.3) is 11.0 Å². The Morgan fingerprint density at radius 2 is 2.06 bits per heavy atom. The Morgan fingerprint density at radius 1 is 1.31 bits per heavy atom. The number of hydrogen-bond donors (Lipinski definition) is 6. The van der Waals surface area contributed by atoms with E-state index in [9.17, 15) is 29.4 Å². The minimum absolute atomic E-state index is 0.0241. The fourth-order valence-corrected chi connectivity index (χ4v) is 6.90. The van der Waals surface area contributed by atoms with Gasteiger partial charge in [-0.05, 0) is 25.7 Å². The summed E-state index contributed by atoms with van der Waals surface area (Å²) in [5.41, 5.74) is 0.443. The first-order valence-corrected chi connectivity index (χ1v) is 14.6. The van der Waals surface area contributed by atoms with Gasteiger partial charge in [0.15, 0.2) is 11.9 Å². The van der Waals surface area contributed by atoms with E-state index in [4.69, 9.17) is 4.74 Å². The Bertz CT molecular complexity index is 1150. The van der Waals surface area contributed by atoms with Gasteiger partial charge in [0.2, 0.25) is 5.91 Å². The van der Waals surface area contributed by atoms with Crippen molar-refractivity contribution >= 4 is 42.1 Å². The van der Waals surface area contributed by atoms with Crippen LogP contribution in [0.3, 0.4) is 0 Å². The van der Waals surface area contributed by atoms with Gasteiger partial charge in [0, 0.05) is 25.3 Å². The summed E-state index contributed by atoms with van der Waals surface area (Å²) in [6, 6.07) is 0.293. The maximum Gasteiger partial charge on any atom is 0.340 e. The predicted molar refractivity (Wildman–Crippen MR) is 133 cm³/mol. The highest BCUT2D eigenvalue weighted by Gasteiger charge is 2.45. The number of ether oxygens (including phenoxy) is 1. The second-order valence-electron chi connectivity index (χ2n) is 9.47. The molecule has 3 unspecified atom stereocenters. The van der Waals surface area contributed by atoms with E-state index in [0.29, 0.717) is 34.6 Å². The Balaban J connectivity index is 1.51. The maximum absolute atomic E-state index is 11.8. The molecule has 7 atom stereocenters. The van der Waals surface area contributed by atoms with Crippen LogP contribution in [0.4, 0.5) is 5.82 Å². The number of thioether (sulfide) groups is 1. The molecule has 13 nitrogen and oxygen atoms in total. The number of aromatic nitrogens is 4. The van der Waals surface area contributed by atoms with E-state index in [1.54, 1.807) is 13.1 Å². The van der Waals surface area contributed by atoms with E-state index in [-0.39, 0.29) is 12.3 Å². The van der Waals surface area contributed by atoms with E-state index >= 15 is 0 Å². The van der Waals surface area contributed by atoms with Gasteiger partial charge >= 0.3 is 7.60 Å². The van der Waals surface area contributed by atoms with Gasteiger partial charge in [-0.3, -0.25) is 9.36 Å². The first kappa shape index (κ1) is 27.2. The Hall–Kier alpha value is -1.80. The van der Waals surface area contributed by atoms with Crippen LogP contribution in [0.15, 0.2) is 6.20 Å². The number of nitrogens with zero attached hydrogens (tertiary/aromatic N) is 4. The number of nitrogens with one attached hydrogen (secondary N) is 2. The average molecular weight is 545 g/mol. The zero-order valence-corrected chi connectivity index (χ0v) is 22.0. The molecule has 36 heavy (non-hydrogen) atoms. The molecule has 1 aliphatic heterocycles. The SMILES string of the molecule is CC(=O)NCC(SC[C@H]1O[C@@H](n2ncc3c(NC4CCCC4C)nc(C)nc32)[C@H](O)[C@@H]1O)P(=O)(O)O. The number of fused-ring (bicyclic) bond motifs is 1. The summed E-state index contributed by atoms with van der Waals surface area (Å²) in [7, 11) is -4.54. The molecular weight excluding hydrogens is 511 g/mol. The Kier molecular flexibility index (Phi) is 8.25. The highest BCUT2D eigenvalue weighted by atomic mass is 32.2. The molecule has 0 bridgehead atoms. The standard InChI is InChI=1S/C21H33N6O7PS/c1-10-5-4-6-14(10)26-19-13-7-23-27(20(13)25-11(2)24-19)21-18(30)17(29)15(34-21)9-36-16(35(31,32)33)8-22-12(3)28/h7,10,14-18,21,29-30H,4-6,8-9H2,1-3H3,(H,22,28)(H,24,25,26)(H2,31,32,33)/t10?,14?,15-,16?,17-,18-,21-/m1/s1. The van der Waals surface area contributed by atoms with Crippen molar-refractivity contribution in [2.75, 3.05) is 17.6 Å². The van der Waals surface area contributed by atoms with Crippen molar-refractivity contribution in [2.45, 2.75) is 75.6 Å². The van der Waals surface area contributed by atoms with Crippen LogP contribution in [0, 0.1) is 12.8 Å². The monoisotopic (exact) mass is 544 g/mol. The minimum atomic E-state index is -4.54. The molecule has 15 heteroatoms. The summed E-state index contributed by atoms with van der Waals surface area (Å²) in [4.78, 5) is 38.3. The molecule has 0 aromatic carbocycles. The largest absolute Gasteiger partial charge is 0.387 e. The molecule has 1 saturated heterocycles. The molecule has 4 rings (SSSR count). The van der Waals surface area contributed by atoms with Crippen LogP contribution in [0.2, 0.25) is 0 Å². The molecule has 0 spiro atoms. The number of anilines is 1. The van der Waals surface area contributed by atoms with Crippen LogP contribution in [-0.4, -0.2) is 87.3 Å². The lowest BCUT2D eigenvalue weighted by Gasteiger charge is -2.21. The lowest BCUT2D eigenvalue weighted by Crippen LogP contribution is -2.34. The van der Waals surface area contributed by atoms with E-state index in [1.807, 2.05) is 0 Å². The topological polar surface area (TPSA) is 192 Å². The number of amides is 1. The first-order valence-electron chi connectivity index (χ1n) is 11.9. The van der Waals surface area contributed by atoms with Gasteiger partial charge in [-0.1, -0.05) is 13.3 Å². The summed E-state index contributed by atoms with van der Waals surface area (Å²) >= 11 is 0.860. The van der Waals surface area contributed by atoms with E-state index in [0.717, 1.165) is 31.0 Å². The zero-order valence-electron chi connectivity index (χ0n) is 20.3. The van der Waals surface area contributed by atoms with Crippen LogP contribution in [0.1, 0.15) is 45.2 Å². The van der Waals surface area contributed by atoms with Crippen molar-refractivity contribution in [1.82, 2.24) is 25.1 Å². The highest BCUT2D eigenvalue weighted by Crippen LogP contribution is 2.47. The number of hydrogen-bond acceptors (Lipinski definition) is 10. The number of aryl methyl sites for hydroxylation is 1. The number of aliphatic hydroxyl groups excluding tert-OH is 2. The van der Waals surface area contributed by atoms with Crippen molar-refractivity contribution in [2.24, 2.45) is 5.92 Å². The van der Waals surface area contributed by atoms with Crippen LogP contribution >= 0.6 is 19.4 Å². The van der Waals surface area contributed by atoms with Gasteiger partial charge in [-0.2, -0.15) is 5.10 Å². The fourth-order valence-electron chi connectivity index (χ4n) is 4.65. The summed E-state index contributed by atoms with van der Waals surface area (Å²) in [6.07, 6.45) is 0.297. The third-order valence-electron chi connectivity index (χ3n) is 6.68. The molecule has 6 N–H and O–H groups in total. The van der Waals surface area contributed by atoms with Crippen molar-refractivity contribution < 1.29 is 34.1 Å². The molecule has 1 aliphatic carbocycles. The maximum atomic E-state index is 11.8. The molecule has 2 aromatic rings. The molecule has 0 radical (unpaired) electrons. The number of aliphatic hydroxyl groups is 2. The third-order valence-corrected chi connectivity index (χ3v) is 9.96. The molecule has 3 heterocycles. The van der Waals surface area contributed by atoms with Crippen molar-refractivity contribution in [3.63, 3.8) is 0 Å². The summed E-state index contributed by atoms with van der Waals surface area (Å²) in [6.45, 7) is 4.97. The molecule has 2 aliphatic rings. The second-order valence-corrected chi connectivity index (χ2v) is 12.9. The normalized spacial score (nSPS) is 29.5. The van der Waals surface area contributed by atoms with Crippen molar-refractivity contribution in [1.29, 1.82) is 0 Å². The highest BCUT2D eigenvalue weighted by molar-refractivity contribution is 8.05. The first-order chi connectivity index (χ1) is 17.0. The second kappa shape index (κ2) is 10.9. The molecule has 200 valence electrons. The summed E-state index contributed by atoms with van der Waals surface area (Å²) in [5.74, 6) is 1.25. The third kappa shape index (κ3) is 5.85. The fraction of sp³-hybridized carbons (Fsp3) is 0.714. The summed E-state index contributed by atoms with van der Waals surface area (Å²) in [5, 5.41) is 32.3. The Labute approximate surface area is 212 Å². The van der Waals surface area contributed by atoms with Gasteiger partial charge in [-0.15, -0.1) is 11.8 Å². The zero-order chi connectivity index (χ0) is 26.2. The van der Waals surface area contributed by atoms with Crippen molar-refractivity contribution in [3.05, 3.63) is 12.0 Å². The molecule has 2 aromatic heterocycles. The molecule has 1 amide bonds. The van der Waals surface area contributed by atoms with E-state index < -0.39 is 43.0 Å². The summed E-state index contributed by atoms with van der Waals surface area (Å²) < 4.78 is 19.2. The van der Waals surface area contributed by atoms with Crippen LogP contribution < -0.4 is 10.6 Å². The van der Waals surface area contributed by atoms with Gasteiger partial charge < -0.3 is 35.4 Å². The smallest absolute Gasteiger partial charge is 0.340 e. The van der Waals surface area contributed by atoms with E-state index in [1.165, 1.54) is 11.6 Å². The minimum Gasteiger partial charge on any atom is -0.387 e. The van der Waals surface area contributed by atoms with Gasteiger partial charge in [0.1, 0.15) is 28.8 Å². The number of carbonyl (C=O) groups excluding carboxylic acids is 1. The lowest BCUT2D eigenvalue weighted by atomic mass is 10.1. The van der Waals surface area contributed by atoms with Crippen LogP contribution in [0.5, 0.6) is 0 Å². The Morgan fingerprint density at radius 3 is 2.69 bits per heavy atom. The van der Waals surface area contributed by atoms with Gasteiger partial charge in [0.05, 0.1) is 17.7 Å².